The van der Waals surface area contributed by atoms with Crippen molar-refractivity contribution in [3.05, 3.63) is 0 Å². The van der Waals surface area contributed by atoms with E-state index in [0.717, 1.165) is 77.0 Å². The number of ether oxygens (including phenoxy) is 10. The summed E-state index contributed by atoms with van der Waals surface area (Å²) in [7, 11) is 1.40. The highest BCUT2D eigenvalue weighted by Gasteiger charge is 2.55. The normalized spacial score (nSPS) is 40.7. The van der Waals surface area contributed by atoms with E-state index in [-0.39, 0.29) is 12.1 Å². The van der Waals surface area contributed by atoms with Crippen LogP contribution in [0.25, 0.3) is 0 Å². The molecular weight excluding hydrogens is 860 g/mol. The number of aliphatic hydroxyl groups is 8. The van der Waals surface area contributed by atoms with Gasteiger partial charge in [0.05, 0.1) is 43.5 Å². The molecular formula is C45H80O20. The van der Waals surface area contributed by atoms with Crippen LogP contribution < -0.4 is 0 Å². The standard InChI is InChI=1S/C45H80O20/c1-9-10-16-19-27(20-17-14-12-11-13-15-18-21-28(46)56-8)61-42-34(52)31(49)37(24(5)58-42)63-44-35(53)32(50)38(25(6)59-44)64-45-36(54)40(62-41(55)22(2)3)39(26(7)60-45)65-43-33(51)30(48)29(47)23(4)57-43/h22-27,29-40,42-45,47-54H,9-21H2,1-8H3/t23-,24-,25-,26-,27-,29-,30+,31-,32-,33+,34+,35+,36+,37-,38-,39-,40-,42-,43-,44-,45-/m0/s1. The molecule has 4 rings (SSSR count). The number of rotatable bonds is 24. The molecule has 0 aromatic heterocycles. The molecule has 0 radical (unpaired) electrons. The van der Waals surface area contributed by atoms with E-state index in [1.54, 1.807) is 20.8 Å². The summed E-state index contributed by atoms with van der Waals surface area (Å²) < 4.78 is 58.3. The first-order chi connectivity index (χ1) is 30.8. The van der Waals surface area contributed by atoms with Gasteiger partial charge < -0.3 is 88.2 Å². The highest BCUT2D eigenvalue weighted by molar-refractivity contribution is 5.71. The fourth-order valence-electron chi connectivity index (χ4n) is 8.62. The average Bonchev–Trinajstić information content (AvgIpc) is 3.27. The van der Waals surface area contributed by atoms with Gasteiger partial charge in [-0.25, -0.2) is 0 Å². The molecule has 0 saturated carbocycles. The number of methoxy groups -OCH3 is 1. The van der Waals surface area contributed by atoms with Crippen molar-refractivity contribution in [2.24, 2.45) is 5.92 Å². The molecule has 0 spiro atoms. The first kappa shape index (κ1) is 55.9. The number of esters is 2. The summed E-state index contributed by atoms with van der Waals surface area (Å²) in [6, 6.07) is 0. The molecule has 0 aromatic rings. The van der Waals surface area contributed by atoms with E-state index in [0.29, 0.717) is 6.42 Å². The predicted molar refractivity (Wildman–Crippen MR) is 227 cm³/mol. The van der Waals surface area contributed by atoms with Gasteiger partial charge in [0.2, 0.25) is 0 Å². The van der Waals surface area contributed by atoms with E-state index < -0.39 is 135 Å². The van der Waals surface area contributed by atoms with E-state index >= 15 is 0 Å². The van der Waals surface area contributed by atoms with Crippen molar-refractivity contribution < 1.29 is 97.8 Å². The van der Waals surface area contributed by atoms with Crippen LogP contribution in [0.1, 0.15) is 132 Å². The van der Waals surface area contributed by atoms with Gasteiger partial charge in [0.15, 0.2) is 31.3 Å². The fourth-order valence-corrected chi connectivity index (χ4v) is 8.62. The molecule has 0 bridgehead atoms. The molecule has 21 atom stereocenters. The van der Waals surface area contributed by atoms with Crippen molar-refractivity contribution in [1.82, 2.24) is 0 Å². The van der Waals surface area contributed by atoms with E-state index in [9.17, 15) is 50.4 Å². The Morgan fingerprint density at radius 3 is 1.46 bits per heavy atom. The Morgan fingerprint density at radius 2 is 0.923 bits per heavy atom. The van der Waals surface area contributed by atoms with Crippen LogP contribution in [0.4, 0.5) is 0 Å². The summed E-state index contributed by atoms with van der Waals surface area (Å²) in [5.41, 5.74) is 0. The Bertz CT molecular complexity index is 1390. The number of carbonyl (C=O) groups excluding carboxylic acids is 2. The molecule has 4 aliphatic rings. The molecule has 0 aliphatic carbocycles. The van der Waals surface area contributed by atoms with Crippen molar-refractivity contribution in [3.8, 4) is 0 Å². The second-order valence-corrected chi connectivity index (χ2v) is 18.5. The van der Waals surface area contributed by atoms with Crippen LogP contribution in [0.3, 0.4) is 0 Å². The largest absolute Gasteiger partial charge is 0.469 e. The van der Waals surface area contributed by atoms with Gasteiger partial charge in [0.1, 0.15) is 67.1 Å². The topological polar surface area (TPSA) is 288 Å². The SMILES string of the molecule is CCCCC[C@@H](CCCCCCCCCC(=O)OC)O[C@@H]1O[C@@H](C)[C@H](O[C@@H]2O[C@@H](C)[C@H](O[C@@H]3O[C@@H](C)[C@H](O[C@@H]4O[C@@H](C)[C@H](O)[C@@H](O)[C@H]4O)[C@@H](OC(=O)C(C)C)[C@H]3O)[C@@H](O)[C@H]2O)[C@@H](O)[C@H]1O. The number of hydrogen-bond donors (Lipinski definition) is 8. The van der Waals surface area contributed by atoms with E-state index in [1.807, 2.05) is 0 Å². The van der Waals surface area contributed by atoms with Crippen LogP contribution in [-0.4, -0.2) is 189 Å². The zero-order valence-corrected chi connectivity index (χ0v) is 39.4. The van der Waals surface area contributed by atoms with Gasteiger partial charge >= 0.3 is 11.9 Å². The minimum atomic E-state index is -1.78. The number of aliphatic hydroxyl groups excluding tert-OH is 8. The quantitative estimate of drug-likeness (QED) is 0.0499. The molecule has 4 fully saturated rings. The molecule has 4 saturated heterocycles. The third-order valence-corrected chi connectivity index (χ3v) is 12.8. The maximum Gasteiger partial charge on any atom is 0.308 e. The zero-order valence-electron chi connectivity index (χ0n) is 39.4. The molecule has 380 valence electrons. The summed E-state index contributed by atoms with van der Waals surface area (Å²) in [6.45, 7) is 11.4. The van der Waals surface area contributed by atoms with Gasteiger partial charge in [-0.05, 0) is 47.0 Å². The first-order valence-electron chi connectivity index (χ1n) is 23.8. The summed E-state index contributed by atoms with van der Waals surface area (Å²) in [4.78, 5) is 24.2. The Balaban J connectivity index is 1.33. The van der Waals surface area contributed by atoms with E-state index in [2.05, 4.69) is 6.92 Å². The molecule has 0 amide bonds. The maximum absolute atomic E-state index is 12.9. The molecule has 20 heteroatoms. The smallest absolute Gasteiger partial charge is 0.308 e. The predicted octanol–water partition coefficient (Wildman–Crippen LogP) is 1.23. The summed E-state index contributed by atoms with van der Waals surface area (Å²) in [6.07, 6.45) is -16.4. The van der Waals surface area contributed by atoms with Crippen molar-refractivity contribution >= 4 is 11.9 Å². The lowest BCUT2D eigenvalue weighted by Gasteiger charge is -2.49. The minimum Gasteiger partial charge on any atom is -0.469 e. The third-order valence-electron chi connectivity index (χ3n) is 12.8. The molecule has 20 nitrogen and oxygen atoms in total. The van der Waals surface area contributed by atoms with Crippen molar-refractivity contribution in [2.45, 2.75) is 261 Å². The monoisotopic (exact) mass is 941 g/mol. The van der Waals surface area contributed by atoms with Gasteiger partial charge in [-0.2, -0.15) is 0 Å². The summed E-state index contributed by atoms with van der Waals surface area (Å²) >= 11 is 0. The van der Waals surface area contributed by atoms with Crippen LogP contribution in [0, 0.1) is 5.92 Å². The van der Waals surface area contributed by atoms with Crippen LogP contribution >= 0.6 is 0 Å². The van der Waals surface area contributed by atoms with E-state index in [1.165, 1.54) is 27.9 Å². The second-order valence-electron chi connectivity index (χ2n) is 18.5. The summed E-state index contributed by atoms with van der Waals surface area (Å²) in [5, 5.41) is 87.9. The zero-order chi connectivity index (χ0) is 48.1. The van der Waals surface area contributed by atoms with Gasteiger partial charge in [-0.1, -0.05) is 78.6 Å². The lowest BCUT2D eigenvalue weighted by atomic mass is 9.96. The molecule has 8 N–H and O–H groups in total. The summed E-state index contributed by atoms with van der Waals surface area (Å²) in [5.74, 6) is -1.53. The second kappa shape index (κ2) is 26.9. The van der Waals surface area contributed by atoms with Gasteiger partial charge in [-0.15, -0.1) is 0 Å². The lowest BCUT2D eigenvalue weighted by Crippen LogP contribution is -2.66. The molecule has 4 heterocycles. The molecule has 4 aliphatic heterocycles. The van der Waals surface area contributed by atoms with Crippen LogP contribution in [0.2, 0.25) is 0 Å². The minimum absolute atomic E-state index is 0.184. The first-order valence-corrected chi connectivity index (χ1v) is 23.8. The Kier molecular flexibility index (Phi) is 23.1. The van der Waals surface area contributed by atoms with Crippen molar-refractivity contribution in [2.75, 3.05) is 7.11 Å². The lowest BCUT2D eigenvalue weighted by molar-refractivity contribution is -0.383. The number of hydrogen-bond acceptors (Lipinski definition) is 20. The molecule has 0 unspecified atom stereocenters. The number of unbranched alkanes of at least 4 members (excludes halogenated alkanes) is 8. The van der Waals surface area contributed by atoms with Crippen LogP contribution in [0.5, 0.6) is 0 Å². The fraction of sp³-hybridized carbons (Fsp3) is 0.956. The number of carbonyl (C=O) groups is 2. The highest BCUT2D eigenvalue weighted by Crippen LogP contribution is 2.36. The average molecular weight is 941 g/mol. The maximum atomic E-state index is 12.9. The molecule has 65 heavy (non-hydrogen) atoms. The van der Waals surface area contributed by atoms with Gasteiger partial charge in [0.25, 0.3) is 0 Å². The highest BCUT2D eigenvalue weighted by atomic mass is 16.8. The Labute approximate surface area is 383 Å². The van der Waals surface area contributed by atoms with Gasteiger partial charge in [0, 0.05) is 6.42 Å². The third kappa shape index (κ3) is 15.4. The van der Waals surface area contributed by atoms with Crippen LogP contribution in [0.15, 0.2) is 0 Å². The van der Waals surface area contributed by atoms with Gasteiger partial charge in [-0.3, -0.25) is 9.59 Å². The van der Waals surface area contributed by atoms with E-state index in [4.69, 9.17) is 47.4 Å². The molecule has 0 aromatic carbocycles. The van der Waals surface area contributed by atoms with Crippen LogP contribution in [-0.2, 0) is 57.0 Å². The van der Waals surface area contributed by atoms with Crippen molar-refractivity contribution in [1.29, 1.82) is 0 Å². The van der Waals surface area contributed by atoms with Crippen molar-refractivity contribution in [3.63, 3.8) is 0 Å². The Hall–Kier alpha value is -1.70. The Morgan fingerprint density at radius 1 is 0.492 bits per heavy atom.